The predicted molar refractivity (Wildman–Crippen MR) is 49.6 cm³/mol. The Hall–Kier alpha value is -1.01. The van der Waals surface area contributed by atoms with Crippen molar-refractivity contribution in [2.24, 2.45) is 0 Å². The maximum absolute atomic E-state index is 11.2. The number of terminal acetylenes is 1. The number of nitrogens with zero attached hydrogens (tertiary/aromatic N) is 1. The summed E-state index contributed by atoms with van der Waals surface area (Å²) in [7, 11) is 3.48. The van der Waals surface area contributed by atoms with Crippen molar-refractivity contribution >= 4 is 5.91 Å². The molecule has 1 amide bonds. The first kappa shape index (κ1) is 11.0. The quantitative estimate of drug-likeness (QED) is 0.476. The Morgan fingerprint density at radius 2 is 2.25 bits per heavy atom. The van der Waals surface area contributed by atoms with E-state index in [0.717, 1.165) is 0 Å². The minimum absolute atomic E-state index is 0.0759. The Labute approximate surface area is 74.1 Å². The van der Waals surface area contributed by atoms with Crippen LogP contribution in [0.15, 0.2) is 0 Å². The zero-order valence-electron chi connectivity index (χ0n) is 7.92. The van der Waals surface area contributed by atoms with E-state index in [1.165, 1.54) is 0 Å². The summed E-state index contributed by atoms with van der Waals surface area (Å²) in [5, 5.41) is 3.03. The molecule has 12 heavy (non-hydrogen) atoms. The van der Waals surface area contributed by atoms with Crippen LogP contribution in [-0.2, 0) is 4.79 Å². The highest BCUT2D eigenvalue weighted by molar-refractivity contribution is 5.80. The minimum Gasteiger partial charge on any atom is -0.347 e. The molecule has 68 valence electrons. The fourth-order valence-electron chi connectivity index (χ4n) is 0.835. The Morgan fingerprint density at radius 1 is 1.67 bits per heavy atom. The van der Waals surface area contributed by atoms with Gasteiger partial charge in [0.25, 0.3) is 0 Å². The maximum atomic E-state index is 11.2. The van der Waals surface area contributed by atoms with Crippen LogP contribution in [0.25, 0.3) is 0 Å². The first-order valence-electron chi connectivity index (χ1n) is 3.97. The van der Waals surface area contributed by atoms with Crippen LogP contribution in [0.3, 0.4) is 0 Å². The number of amides is 1. The lowest BCUT2D eigenvalue weighted by atomic mass is 10.3. The van der Waals surface area contributed by atoms with Crippen LogP contribution in [0.5, 0.6) is 0 Å². The normalized spacial score (nSPS) is 11.8. The summed E-state index contributed by atoms with van der Waals surface area (Å²) in [5.74, 6) is 2.58. The second kappa shape index (κ2) is 5.62. The molecule has 0 aromatic heterocycles. The number of rotatable bonds is 4. The van der Waals surface area contributed by atoms with Crippen LogP contribution in [-0.4, -0.2) is 37.5 Å². The molecule has 0 aliphatic rings. The summed E-state index contributed by atoms with van der Waals surface area (Å²) in [6, 6.07) is -0.145. The number of carbonyl (C=O) groups excluding carboxylic acids is 1. The van der Waals surface area contributed by atoms with E-state index in [1.54, 1.807) is 19.0 Å². The fraction of sp³-hybridized carbons (Fsp3) is 0.667. The summed E-state index contributed by atoms with van der Waals surface area (Å²) < 4.78 is 0. The van der Waals surface area contributed by atoms with Crippen LogP contribution >= 0.6 is 0 Å². The molecular formula is C9H16N2O. The van der Waals surface area contributed by atoms with Crippen molar-refractivity contribution in [3.63, 3.8) is 0 Å². The minimum atomic E-state index is -0.145. The number of likely N-dealkylation sites (N-methyl/N-ethyl adjacent to an activating group) is 1. The molecule has 3 heteroatoms. The standard InChI is InChI=1S/C9H16N2O/c1-5-6-7-10-8(2)9(12)11(3)4/h1,8,10H,6-7H2,2-4H3. The molecule has 0 aliphatic carbocycles. The van der Waals surface area contributed by atoms with Crippen molar-refractivity contribution in [2.45, 2.75) is 19.4 Å². The second-order valence-corrected chi connectivity index (χ2v) is 2.86. The molecule has 0 heterocycles. The second-order valence-electron chi connectivity index (χ2n) is 2.86. The van der Waals surface area contributed by atoms with Gasteiger partial charge in [0.15, 0.2) is 0 Å². The van der Waals surface area contributed by atoms with E-state index in [9.17, 15) is 4.79 Å². The number of carbonyl (C=O) groups is 1. The fourth-order valence-corrected chi connectivity index (χ4v) is 0.835. The van der Waals surface area contributed by atoms with E-state index < -0.39 is 0 Å². The third-order valence-corrected chi connectivity index (χ3v) is 1.53. The van der Waals surface area contributed by atoms with E-state index in [4.69, 9.17) is 6.42 Å². The predicted octanol–water partition coefficient (Wildman–Crippen LogP) is 0.0760. The van der Waals surface area contributed by atoms with Gasteiger partial charge in [0, 0.05) is 27.1 Å². The van der Waals surface area contributed by atoms with Gasteiger partial charge < -0.3 is 10.2 Å². The van der Waals surface area contributed by atoms with E-state index in [2.05, 4.69) is 11.2 Å². The van der Waals surface area contributed by atoms with E-state index in [1.807, 2.05) is 6.92 Å². The Bertz CT molecular complexity index is 181. The molecule has 0 aromatic carbocycles. The van der Waals surface area contributed by atoms with Crippen LogP contribution < -0.4 is 5.32 Å². The molecule has 0 radical (unpaired) electrons. The number of hydrogen-bond donors (Lipinski definition) is 1. The van der Waals surface area contributed by atoms with Crippen molar-refractivity contribution in [1.82, 2.24) is 10.2 Å². The van der Waals surface area contributed by atoms with Gasteiger partial charge in [-0.25, -0.2) is 0 Å². The topological polar surface area (TPSA) is 32.3 Å². The van der Waals surface area contributed by atoms with Crippen LogP contribution in [0.4, 0.5) is 0 Å². The van der Waals surface area contributed by atoms with E-state index in [-0.39, 0.29) is 11.9 Å². The lowest BCUT2D eigenvalue weighted by molar-refractivity contribution is -0.130. The smallest absolute Gasteiger partial charge is 0.238 e. The molecule has 1 N–H and O–H groups in total. The third kappa shape index (κ3) is 3.99. The lowest BCUT2D eigenvalue weighted by Gasteiger charge is -2.17. The highest BCUT2D eigenvalue weighted by Gasteiger charge is 2.12. The number of hydrogen-bond acceptors (Lipinski definition) is 2. The number of nitrogens with one attached hydrogen (secondary N) is 1. The van der Waals surface area contributed by atoms with Gasteiger partial charge in [-0.15, -0.1) is 12.3 Å². The Balaban J connectivity index is 3.66. The molecule has 0 fully saturated rings. The summed E-state index contributed by atoms with van der Waals surface area (Å²) in [4.78, 5) is 12.8. The molecule has 0 rings (SSSR count). The van der Waals surface area contributed by atoms with Gasteiger partial charge in [-0.1, -0.05) is 0 Å². The molecule has 0 spiro atoms. The van der Waals surface area contributed by atoms with Crippen molar-refractivity contribution in [3.8, 4) is 12.3 Å². The molecule has 1 atom stereocenters. The SMILES string of the molecule is C#CCCNC(C)C(=O)N(C)C. The van der Waals surface area contributed by atoms with Crippen LogP contribution in [0.2, 0.25) is 0 Å². The van der Waals surface area contributed by atoms with Crippen molar-refractivity contribution in [3.05, 3.63) is 0 Å². The summed E-state index contributed by atoms with van der Waals surface area (Å²) >= 11 is 0. The molecule has 0 aliphatic heterocycles. The highest BCUT2D eigenvalue weighted by Crippen LogP contribution is 1.88. The highest BCUT2D eigenvalue weighted by atomic mass is 16.2. The molecule has 0 saturated carbocycles. The van der Waals surface area contributed by atoms with Gasteiger partial charge in [0.2, 0.25) is 5.91 Å². The van der Waals surface area contributed by atoms with E-state index >= 15 is 0 Å². The Morgan fingerprint density at radius 3 is 2.67 bits per heavy atom. The Kier molecular flexibility index (Phi) is 5.14. The molecule has 0 saturated heterocycles. The molecule has 1 unspecified atom stereocenters. The lowest BCUT2D eigenvalue weighted by Crippen LogP contribution is -2.41. The third-order valence-electron chi connectivity index (χ3n) is 1.53. The first-order chi connectivity index (χ1) is 5.59. The zero-order valence-corrected chi connectivity index (χ0v) is 7.92. The largest absolute Gasteiger partial charge is 0.347 e. The molecular weight excluding hydrogens is 152 g/mol. The molecule has 3 nitrogen and oxygen atoms in total. The summed E-state index contributed by atoms with van der Waals surface area (Å²) in [5.41, 5.74) is 0. The summed E-state index contributed by atoms with van der Waals surface area (Å²) in [6.07, 6.45) is 5.72. The van der Waals surface area contributed by atoms with Gasteiger partial charge in [-0.05, 0) is 6.92 Å². The van der Waals surface area contributed by atoms with Gasteiger partial charge in [-0.3, -0.25) is 4.79 Å². The van der Waals surface area contributed by atoms with Crippen molar-refractivity contribution in [2.75, 3.05) is 20.6 Å². The summed E-state index contributed by atoms with van der Waals surface area (Å²) in [6.45, 7) is 2.52. The first-order valence-corrected chi connectivity index (χ1v) is 3.97. The van der Waals surface area contributed by atoms with Gasteiger partial charge in [0.05, 0.1) is 6.04 Å². The van der Waals surface area contributed by atoms with Crippen molar-refractivity contribution < 1.29 is 4.79 Å². The van der Waals surface area contributed by atoms with E-state index in [0.29, 0.717) is 13.0 Å². The average Bonchev–Trinajstić information content (AvgIpc) is 2.03. The van der Waals surface area contributed by atoms with Crippen molar-refractivity contribution in [1.29, 1.82) is 0 Å². The maximum Gasteiger partial charge on any atom is 0.238 e. The monoisotopic (exact) mass is 168 g/mol. The van der Waals surface area contributed by atoms with Crippen LogP contribution in [0, 0.1) is 12.3 Å². The van der Waals surface area contributed by atoms with Gasteiger partial charge in [0.1, 0.15) is 0 Å². The van der Waals surface area contributed by atoms with Gasteiger partial charge >= 0.3 is 0 Å². The molecule has 0 aromatic rings. The zero-order chi connectivity index (χ0) is 9.56. The molecule has 0 bridgehead atoms. The van der Waals surface area contributed by atoms with Gasteiger partial charge in [-0.2, -0.15) is 0 Å². The average molecular weight is 168 g/mol. The van der Waals surface area contributed by atoms with Crippen LogP contribution in [0.1, 0.15) is 13.3 Å².